The molecule has 1 aliphatic carbocycles. The Bertz CT molecular complexity index is 1570. The molecule has 0 spiro atoms. The molecule has 4 aromatic carbocycles. The third-order valence-electron chi connectivity index (χ3n) is 7.23. The van der Waals surface area contributed by atoms with Crippen molar-refractivity contribution in [1.29, 1.82) is 0 Å². The maximum Gasteiger partial charge on any atom is 0.400 e. The van der Waals surface area contributed by atoms with Gasteiger partial charge in [-0.1, -0.05) is 12.1 Å². The molecule has 0 saturated heterocycles. The molecule has 0 N–H and O–H groups in total. The lowest BCUT2D eigenvalue weighted by atomic mass is 9.77. The summed E-state index contributed by atoms with van der Waals surface area (Å²) in [5.41, 5.74) is 0.119. The van der Waals surface area contributed by atoms with Crippen LogP contribution in [0.25, 0.3) is 21.5 Å². The Balaban J connectivity index is 1.35. The molecule has 0 unspecified atom stereocenters. The maximum absolute atomic E-state index is 15.2. The number of rotatable bonds is 4. The van der Waals surface area contributed by atoms with Gasteiger partial charge in [-0.3, -0.25) is 0 Å². The first kappa shape index (κ1) is 26.2. The number of alkyl halides is 2. The first-order valence-electron chi connectivity index (χ1n) is 11.8. The number of ether oxygens (including phenoxy) is 1. The molecule has 0 radical (unpaired) electrons. The molecule has 1 saturated carbocycles. The van der Waals surface area contributed by atoms with Gasteiger partial charge < -0.3 is 4.74 Å². The highest BCUT2D eigenvalue weighted by Gasteiger charge is 2.44. The van der Waals surface area contributed by atoms with Crippen LogP contribution in [0, 0.1) is 53.6 Å². The lowest BCUT2D eigenvalue weighted by Gasteiger charge is -2.33. The normalized spacial score (nSPS) is 18.4. The van der Waals surface area contributed by atoms with Gasteiger partial charge >= 0.3 is 6.11 Å². The van der Waals surface area contributed by atoms with Gasteiger partial charge in [0.15, 0.2) is 29.1 Å². The molecular formula is C28H19F9O. The van der Waals surface area contributed by atoms with Crippen molar-refractivity contribution < 1.29 is 44.3 Å². The van der Waals surface area contributed by atoms with E-state index < -0.39 is 80.6 Å². The summed E-state index contributed by atoms with van der Waals surface area (Å²) in [5.74, 6) is -12.7. The van der Waals surface area contributed by atoms with Crippen molar-refractivity contribution in [1.82, 2.24) is 0 Å². The minimum Gasteiger partial charge on any atom is -0.432 e. The molecule has 0 atom stereocenters. The van der Waals surface area contributed by atoms with E-state index >= 15 is 4.39 Å². The average molecular weight is 542 g/mol. The Labute approximate surface area is 210 Å². The van der Waals surface area contributed by atoms with Gasteiger partial charge in [0.2, 0.25) is 0 Å². The van der Waals surface area contributed by atoms with Crippen LogP contribution >= 0.6 is 0 Å². The number of fused-ring (bicyclic) bond motifs is 2. The third-order valence-corrected chi connectivity index (χ3v) is 7.23. The molecule has 10 heteroatoms. The smallest absolute Gasteiger partial charge is 0.400 e. The minimum absolute atomic E-state index is 0.0265. The number of benzene rings is 4. The van der Waals surface area contributed by atoms with Crippen molar-refractivity contribution in [3.63, 3.8) is 0 Å². The Morgan fingerprint density at radius 2 is 1.32 bits per heavy atom. The molecule has 1 fully saturated rings. The van der Waals surface area contributed by atoms with Crippen molar-refractivity contribution in [2.45, 2.75) is 44.6 Å². The van der Waals surface area contributed by atoms with Crippen LogP contribution in [0.4, 0.5) is 39.5 Å². The Hall–Kier alpha value is -3.43. The molecule has 1 aliphatic rings. The summed E-state index contributed by atoms with van der Waals surface area (Å²) in [7, 11) is 0. The van der Waals surface area contributed by atoms with E-state index in [0.29, 0.717) is 12.1 Å². The lowest BCUT2D eigenvalue weighted by Crippen LogP contribution is -2.37. The van der Waals surface area contributed by atoms with Crippen LogP contribution in [0.2, 0.25) is 0 Å². The zero-order chi connectivity index (χ0) is 27.5. The quantitative estimate of drug-likeness (QED) is 0.185. The molecule has 200 valence electrons. The lowest BCUT2D eigenvalue weighted by molar-refractivity contribution is -0.222. The second-order valence-electron chi connectivity index (χ2n) is 9.59. The standard InChI is InChI=1S/C28H19F9O/c1-12-8-14-4-7-18(24(32)22(14)27(35)23(12)31)13-2-5-16(6-3-13)28(36,37)38-17-9-15-10-20(30)25(33)26(34)21(15)19(29)11-17/h4,7-11,13,16H,2-3,5-6H2,1H3. The molecule has 0 aromatic heterocycles. The summed E-state index contributed by atoms with van der Waals surface area (Å²) in [6.07, 6.45) is -3.92. The van der Waals surface area contributed by atoms with Gasteiger partial charge in [0.05, 0.1) is 16.7 Å². The van der Waals surface area contributed by atoms with Gasteiger partial charge in [-0.2, -0.15) is 8.78 Å². The summed E-state index contributed by atoms with van der Waals surface area (Å²) in [6, 6.07) is 5.93. The molecule has 1 nitrogen and oxygen atoms in total. The van der Waals surface area contributed by atoms with Crippen LogP contribution in [0.1, 0.15) is 42.7 Å². The van der Waals surface area contributed by atoms with Crippen LogP contribution in [0.15, 0.2) is 36.4 Å². The van der Waals surface area contributed by atoms with Gasteiger partial charge in [-0.05, 0) is 78.6 Å². The summed E-state index contributed by atoms with van der Waals surface area (Å²) in [6.45, 7) is 1.36. The first-order chi connectivity index (χ1) is 17.9. The summed E-state index contributed by atoms with van der Waals surface area (Å²) in [4.78, 5) is 0. The molecule has 0 amide bonds. The Morgan fingerprint density at radius 1 is 0.658 bits per heavy atom. The summed E-state index contributed by atoms with van der Waals surface area (Å²) >= 11 is 0. The monoisotopic (exact) mass is 542 g/mol. The van der Waals surface area contributed by atoms with Crippen LogP contribution in [0.5, 0.6) is 5.75 Å². The predicted molar refractivity (Wildman–Crippen MR) is 123 cm³/mol. The van der Waals surface area contributed by atoms with Crippen molar-refractivity contribution in [3.8, 4) is 5.75 Å². The maximum atomic E-state index is 15.2. The van der Waals surface area contributed by atoms with Crippen molar-refractivity contribution >= 4 is 21.5 Å². The highest BCUT2D eigenvalue weighted by molar-refractivity contribution is 5.86. The topological polar surface area (TPSA) is 9.23 Å². The summed E-state index contributed by atoms with van der Waals surface area (Å²) in [5, 5.41) is -1.71. The van der Waals surface area contributed by atoms with Crippen LogP contribution in [-0.2, 0) is 0 Å². The van der Waals surface area contributed by atoms with Gasteiger partial charge in [0.25, 0.3) is 0 Å². The highest BCUT2D eigenvalue weighted by Crippen LogP contribution is 2.45. The van der Waals surface area contributed by atoms with E-state index in [1.54, 1.807) is 0 Å². The zero-order valence-electron chi connectivity index (χ0n) is 19.8. The number of hydrogen-bond acceptors (Lipinski definition) is 1. The predicted octanol–water partition coefficient (Wildman–Crippen LogP) is 9.22. The Kier molecular flexibility index (Phi) is 6.47. The molecule has 0 bridgehead atoms. The van der Waals surface area contributed by atoms with Crippen molar-refractivity contribution in [2.75, 3.05) is 0 Å². The van der Waals surface area contributed by atoms with Gasteiger partial charge in [0.1, 0.15) is 17.4 Å². The van der Waals surface area contributed by atoms with Crippen molar-refractivity contribution in [3.05, 3.63) is 88.2 Å². The number of halogens is 9. The van der Waals surface area contributed by atoms with Gasteiger partial charge in [-0.15, -0.1) is 0 Å². The first-order valence-corrected chi connectivity index (χ1v) is 11.8. The Morgan fingerprint density at radius 3 is 2.00 bits per heavy atom. The average Bonchev–Trinajstić information content (AvgIpc) is 2.85. The second kappa shape index (κ2) is 9.39. The summed E-state index contributed by atoms with van der Waals surface area (Å²) < 4.78 is 134. The largest absolute Gasteiger partial charge is 0.432 e. The SMILES string of the molecule is Cc1cc2ccc(C3CCC(C(F)(F)Oc4cc(F)c5c(F)c(F)c(F)cc5c4)CC3)c(F)c2c(F)c1F. The third kappa shape index (κ3) is 4.33. The van der Waals surface area contributed by atoms with Crippen LogP contribution in [-0.4, -0.2) is 6.11 Å². The molecule has 5 rings (SSSR count). The number of hydrogen-bond donors (Lipinski definition) is 0. The second-order valence-corrected chi connectivity index (χ2v) is 9.59. The molecule has 0 aliphatic heterocycles. The number of aryl methyl sites for hydroxylation is 1. The van der Waals surface area contributed by atoms with E-state index in [1.165, 1.54) is 25.1 Å². The fraction of sp³-hybridized carbons (Fsp3) is 0.286. The fourth-order valence-corrected chi connectivity index (χ4v) is 5.25. The van der Waals surface area contributed by atoms with E-state index in [-0.39, 0.29) is 42.2 Å². The zero-order valence-corrected chi connectivity index (χ0v) is 19.8. The van der Waals surface area contributed by atoms with Crippen molar-refractivity contribution in [2.24, 2.45) is 5.92 Å². The van der Waals surface area contributed by atoms with Crippen LogP contribution in [0.3, 0.4) is 0 Å². The highest BCUT2D eigenvalue weighted by atomic mass is 19.3. The van der Waals surface area contributed by atoms with E-state index in [0.717, 1.165) is 6.07 Å². The van der Waals surface area contributed by atoms with Crippen LogP contribution < -0.4 is 4.74 Å². The van der Waals surface area contributed by atoms with E-state index in [1.807, 2.05) is 0 Å². The van der Waals surface area contributed by atoms with E-state index in [2.05, 4.69) is 0 Å². The molecular weight excluding hydrogens is 523 g/mol. The minimum atomic E-state index is -3.82. The fourth-order valence-electron chi connectivity index (χ4n) is 5.25. The molecule has 4 aromatic rings. The van der Waals surface area contributed by atoms with Gasteiger partial charge in [0, 0.05) is 6.07 Å². The molecule has 0 heterocycles. The van der Waals surface area contributed by atoms with E-state index in [4.69, 9.17) is 4.74 Å². The molecule has 38 heavy (non-hydrogen) atoms. The van der Waals surface area contributed by atoms with Gasteiger partial charge in [-0.25, -0.2) is 30.7 Å². The van der Waals surface area contributed by atoms with E-state index in [9.17, 15) is 35.1 Å².